The summed E-state index contributed by atoms with van der Waals surface area (Å²) >= 11 is 0. The lowest BCUT2D eigenvalue weighted by Crippen LogP contribution is -2.53. The quantitative estimate of drug-likeness (QED) is 0.625. The zero-order chi connectivity index (χ0) is 23.5. The van der Waals surface area contributed by atoms with Crippen LogP contribution >= 0.6 is 0 Å². The van der Waals surface area contributed by atoms with E-state index in [-0.39, 0.29) is 18.6 Å². The first-order valence-corrected chi connectivity index (χ1v) is 11.7. The molecule has 3 aromatic rings. The van der Waals surface area contributed by atoms with Gasteiger partial charge in [-0.15, -0.1) is 0 Å². The third kappa shape index (κ3) is 4.64. The molecular formula is C25H28N6O3. The number of benzene rings is 1. The second-order valence-corrected chi connectivity index (χ2v) is 9.04. The lowest BCUT2D eigenvalue weighted by Gasteiger charge is -2.41. The average molecular weight is 461 g/mol. The molecule has 2 aliphatic heterocycles. The lowest BCUT2D eigenvalue weighted by atomic mass is 9.94. The summed E-state index contributed by atoms with van der Waals surface area (Å²) in [6.07, 6.45) is 6.00. The molecule has 2 amide bonds. The number of likely N-dealkylation sites (tertiary alicyclic amines) is 1. The molecule has 0 aliphatic carbocycles. The van der Waals surface area contributed by atoms with Crippen LogP contribution in [-0.4, -0.2) is 63.6 Å². The van der Waals surface area contributed by atoms with Gasteiger partial charge in [0.25, 0.3) is 0 Å². The van der Waals surface area contributed by atoms with Crippen LogP contribution in [0.5, 0.6) is 0 Å². The van der Waals surface area contributed by atoms with Crippen molar-refractivity contribution in [1.29, 1.82) is 0 Å². The van der Waals surface area contributed by atoms with Gasteiger partial charge in [0.2, 0.25) is 5.91 Å². The van der Waals surface area contributed by atoms with Gasteiger partial charge in [-0.05, 0) is 30.4 Å². The van der Waals surface area contributed by atoms with E-state index in [1.807, 2.05) is 41.3 Å². The Hall–Kier alpha value is -3.75. The van der Waals surface area contributed by atoms with Gasteiger partial charge >= 0.3 is 6.09 Å². The highest BCUT2D eigenvalue weighted by Crippen LogP contribution is 2.30. The number of hydrogen-bond donors (Lipinski definition) is 1. The summed E-state index contributed by atoms with van der Waals surface area (Å²) < 4.78 is 5.30. The van der Waals surface area contributed by atoms with Crippen molar-refractivity contribution >= 4 is 28.9 Å². The van der Waals surface area contributed by atoms with Crippen molar-refractivity contribution < 1.29 is 14.3 Å². The molecule has 3 atom stereocenters. The number of alkyl carbamates (subject to hydrolysis) is 1. The summed E-state index contributed by atoms with van der Waals surface area (Å²) in [5.41, 5.74) is 3.28. The van der Waals surface area contributed by atoms with Crippen LogP contribution in [0.1, 0.15) is 25.3 Å². The van der Waals surface area contributed by atoms with Crippen molar-refractivity contribution in [2.75, 3.05) is 24.5 Å². The number of rotatable bonds is 5. The molecule has 0 spiro atoms. The van der Waals surface area contributed by atoms with E-state index in [4.69, 9.17) is 4.74 Å². The van der Waals surface area contributed by atoms with Gasteiger partial charge in [0.15, 0.2) is 5.65 Å². The molecule has 34 heavy (non-hydrogen) atoms. The van der Waals surface area contributed by atoms with Crippen molar-refractivity contribution in [3.8, 4) is 0 Å². The van der Waals surface area contributed by atoms with Crippen LogP contribution in [0.4, 0.5) is 10.5 Å². The third-order valence-corrected chi connectivity index (χ3v) is 6.51. The van der Waals surface area contributed by atoms with Crippen LogP contribution in [-0.2, 0) is 16.1 Å². The smallest absolute Gasteiger partial charge is 0.408 e. The largest absolute Gasteiger partial charge is 0.445 e. The predicted molar refractivity (Wildman–Crippen MR) is 127 cm³/mol. The number of amides is 2. The van der Waals surface area contributed by atoms with E-state index in [2.05, 4.69) is 32.1 Å². The number of hydrogen-bond acceptors (Lipinski definition) is 7. The molecule has 2 aromatic heterocycles. The molecule has 0 bridgehead atoms. The molecule has 5 rings (SSSR count). The van der Waals surface area contributed by atoms with Gasteiger partial charge < -0.3 is 19.9 Å². The van der Waals surface area contributed by atoms with Crippen molar-refractivity contribution in [2.45, 2.75) is 38.5 Å². The molecule has 2 saturated heterocycles. The number of aromatic nitrogens is 3. The first-order valence-electron chi connectivity index (χ1n) is 11.7. The van der Waals surface area contributed by atoms with Crippen LogP contribution in [0, 0.1) is 5.92 Å². The number of piperidine rings is 1. The van der Waals surface area contributed by atoms with E-state index in [1.165, 1.54) is 0 Å². The van der Waals surface area contributed by atoms with E-state index < -0.39 is 12.1 Å². The zero-order valence-corrected chi connectivity index (χ0v) is 19.1. The summed E-state index contributed by atoms with van der Waals surface area (Å²) in [5, 5.41) is 2.75. The van der Waals surface area contributed by atoms with E-state index in [9.17, 15) is 9.59 Å². The van der Waals surface area contributed by atoms with Gasteiger partial charge in [0.1, 0.15) is 18.2 Å². The molecule has 0 unspecified atom stereocenters. The fraction of sp³-hybridized carbons (Fsp3) is 0.400. The zero-order valence-electron chi connectivity index (χ0n) is 19.1. The molecule has 0 saturated carbocycles. The van der Waals surface area contributed by atoms with Crippen LogP contribution in [0.3, 0.4) is 0 Å². The van der Waals surface area contributed by atoms with Gasteiger partial charge in [0, 0.05) is 44.3 Å². The maximum Gasteiger partial charge on any atom is 0.408 e. The van der Waals surface area contributed by atoms with Gasteiger partial charge in [0.05, 0.1) is 5.69 Å². The van der Waals surface area contributed by atoms with Crippen LogP contribution < -0.4 is 10.2 Å². The summed E-state index contributed by atoms with van der Waals surface area (Å²) in [4.78, 5) is 42.8. The SMILES string of the molecule is C[C@H]1C[C@@H](N2CC[C@@H](NC(=O)OCc3ccccc3)C2=O)CN(c2ccnc3nccnc23)C1. The Morgan fingerprint density at radius 3 is 2.74 bits per heavy atom. The molecule has 4 heterocycles. The molecule has 9 heteroatoms. The highest BCUT2D eigenvalue weighted by Gasteiger charge is 2.40. The fourth-order valence-electron chi connectivity index (χ4n) is 4.97. The number of pyridine rings is 1. The molecule has 2 fully saturated rings. The van der Waals surface area contributed by atoms with E-state index >= 15 is 0 Å². The average Bonchev–Trinajstić information content (AvgIpc) is 3.22. The third-order valence-electron chi connectivity index (χ3n) is 6.51. The van der Waals surface area contributed by atoms with Crippen LogP contribution in [0.25, 0.3) is 11.2 Å². The topological polar surface area (TPSA) is 101 Å². The lowest BCUT2D eigenvalue weighted by molar-refractivity contribution is -0.131. The van der Waals surface area contributed by atoms with Crippen LogP contribution in [0.2, 0.25) is 0 Å². The number of nitrogens with one attached hydrogen (secondary N) is 1. The van der Waals surface area contributed by atoms with Crippen molar-refractivity contribution in [2.24, 2.45) is 5.92 Å². The molecule has 1 aromatic carbocycles. The predicted octanol–water partition coefficient (Wildman–Crippen LogP) is 2.77. The normalized spacial score (nSPS) is 22.7. The van der Waals surface area contributed by atoms with Gasteiger partial charge in [-0.3, -0.25) is 4.79 Å². The van der Waals surface area contributed by atoms with E-state index in [0.717, 1.165) is 29.7 Å². The Morgan fingerprint density at radius 2 is 1.88 bits per heavy atom. The molecular weight excluding hydrogens is 432 g/mol. The minimum atomic E-state index is -0.565. The minimum absolute atomic E-state index is 0.0462. The Kier molecular flexibility index (Phi) is 6.24. The second-order valence-electron chi connectivity index (χ2n) is 9.04. The summed E-state index contributed by atoms with van der Waals surface area (Å²) in [7, 11) is 0. The van der Waals surface area contributed by atoms with Crippen LogP contribution in [0.15, 0.2) is 55.0 Å². The second kappa shape index (κ2) is 9.62. The summed E-state index contributed by atoms with van der Waals surface area (Å²) in [5.74, 6) is 0.351. The molecule has 0 radical (unpaired) electrons. The number of carbonyl (C=O) groups is 2. The molecule has 9 nitrogen and oxygen atoms in total. The standard InChI is InChI=1S/C25H28N6O3/c1-17-13-19(15-30(14-17)21-7-9-27-23-22(21)26-10-11-28-23)31-12-8-20(24(31)32)29-25(33)34-16-18-5-3-2-4-6-18/h2-7,9-11,17,19-20H,8,12-16H2,1H3,(H,29,33)/t17-,19+,20+/m0/s1. The molecule has 2 aliphatic rings. The van der Waals surface area contributed by atoms with Gasteiger partial charge in [-0.1, -0.05) is 37.3 Å². The Balaban J connectivity index is 1.23. The number of anilines is 1. The van der Waals surface area contributed by atoms with Gasteiger partial charge in [-0.2, -0.15) is 0 Å². The first kappa shape index (κ1) is 22.1. The Morgan fingerprint density at radius 1 is 1.09 bits per heavy atom. The highest BCUT2D eigenvalue weighted by atomic mass is 16.5. The van der Waals surface area contributed by atoms with Gasteiger partial charge in [-0.25, -0.2) is 19.7 Å². The highest BCUT2D eigenvalue weighted by molar-refractivity contribution is 5.88. The minimum Gasteiger partial charge on any atom is -0.445 e. The molecule has 176 valence electrons. The van der Waals surface area contributed by atoms with E-state index in [1.54, 1.807) is 18.6 Å². The van der Waals surface area contributed by atoms with Crippen molar-refractivity contribution in [3.63, 3.8) is 0 Å². The number of fused-ring (bicyclic) bond motifs is 1. The Bertz CT molecular complexity index is 1170. The maximum absolute atomic E-state index is 13.2. The Labute approximate surface area is 198 Å². The fourth-order valence-corrected chi connectivity index (χ4v) is 4.97. The number of ether oxygens (including phenoxy) is 1. The van der Waals surface area contributed by atoms with E-state index in [0.29, 0.717) is 31.1 Å². The van der Waals surface area contributed by atoms with Crippen molar-refractivity contribution in [1.82, 2.24) is 25.2 Å². The summed E-state index contributed by atoms with van der Waals surface area (Å²) in [6.45, 7) is 4.57. The first-order chi connectivity index (χ1) is 16.6. The monoisotopic (exact) mass is 460 g/mol. The van der Waals surface area contributed by atoms with Crippen molar-refractivity contribution in [3.05, 3.63) is 60.6 Å². The number of nitrogens with zero attached hydrogens (tertiary/aromatic N) is 5. The summed E-state index contributed by atoms with van der Waals surface area (Å²) in [6, 6.07) is 10.9. The number of carbonyl (C=O) groups excluding carboxylic acids is 2. The molecule has 1 N–H and O–H groups in total. The maximum atomic E-state index is 13.2.